The fraction of sp³-hybridized carbons (Fsp3) is 0.636. The van der Waals surface area contributed by atoms with E-state index in [0.29, 0.717) is 39.0 Å². The minimum Gasteiger partial charge on any atom is -0.494 e. The zero-order valence-electron chi connectivity index (χ0n) is 17.3. The topological polar surface area (TPSA) is 49.9 Å². The molecule has 1 aliphatic rings. The lowest BCUT2D eigenvalue weighted by Gasteiger charge is -2.22. The van der Waals surface area contributed by atoms with Gasteiger partial charge in [-0.3, -0.25) is 9.59 Å². The number of rotatable bonds is 6. The molecule has 0 N–H and O–H groups in total. The van der Waals surface area contributed by atoms with Crippen LogP contribution in [0.3, 0.4) is 0 Å². The SMILES string of the molecule is CCC(=O)N1CCCN(C(=O)CCCOc2ccc(C(C)(C)C)cc2)CC1. The van der Waals surface area contributed by atoms with E-state index in [2.05, 4.69) is 32.9 Å². The van der Waals surface area contributed by atoms with E-state index >= 15 is 0 Å². The zero-order chi connectivity index (χ0) is 19.9. The lowest BCUT2D eigenvalue weighted by molar-refractivity contribution is -0.133. The third-order valence-electron chi connectivity index (χ3n) is 5.03. The van der Waals surface area contributed by atoms with E-state index in [1.54, 1.807) is 0 Å². The molecule has 0 unspecified atom stereocenters. The molecule has 0 radical (unpaired) electrons. The fourth-order valence-corrected chi connectivity index (χ4v) is 3.26. The molecule has 2 amide bonds. The number of ether oxygens (including phenoxy) is 1. The van der Waals surface area contributed by atoms with Gasteiger partial charge in [0.05, 0.1) is 6.61 Å². The van der Waals surface area contributed by atoms with Crippen molar-refractivity contribution in [2.24, 2.45) is 0 Å². The Morgan fingerprint density at radius 2 is 1.56 bits per heavy atom. The van der Waals surface area contributed by atoms with Crippen molar-refractivity contribution in [1.82, 2.24) is 9.80 Å². The summed E-state index contributed by atoms with van der Waals surface area (Å²) in [7, 11) is 0. The Hall–Kier alpha value is -2.04. The molecule has 5 heteroatoms. The van der Waals surface area contributed by atoms with Gasteiger partial charge in [0, 0.05) is 39.0 Å². The molecule has 1 heterocycles. The van der Waals surface area contributed by atoms with Crippen molar-refractivity contribution in [2.45, 2.75) is 58.8 Å². The van der Waals surface area contributed by atoms with Crippen molar-refractivity contribution in [3.05, 3.63) is 29.8 Å². The van der Waals surface area contributed by atoms with Crippen molar-refractivity contribution in [2.75, 3.05) is 32.8 Å². The normalized spacial score (nSPS) is 15.4. The maximum atomic E-state index is 12.4. The van der Waals surface area contributed by atoms with Crippen LogP contribution in [0.4, 0.5) is 0 Å². The summed E-state index contributed by atoms with van der Waals surface area (Å²) in [6.45, 7) is 11.8. The molecule has 0 aliphatic carbocycles. The molecule has 150 valence electrons. The quantitative estimate of drug-likeness (QED) is 0.715. The molecule has 0 bridgehead atoms. The molecule has 0 atom stereocenters. The molecule has 0 saturated carbocycles. The maximum absolute atomic E-state index is 12.4. The predicted octanol–water partition coefficient (Wildman–Crippen LogP) is 3.61. The van der Waals surface area contributed by atoms with E-state index in [-0.39, 0.29) is 17.2 Å². The van der Waals surface area contributed by atoms with Gasteiger partial charge in [0.1, 0.15) is 5.75 Å². The molecule has 1 aromatic carbocycles. The average Bonchev–Trinajstić information content (AvgIpc) is 2.90. The van der Waals surface area contributed by atoms with Crippen LogP contribution in [0.1, 0.15) is 58.9 Å². The first kappa shape index (κ1) is 21.3. The summed E-state index contributed by atoms with van der Waals surface area (Å²) in [6.07, 6.45) is 2.58. The van der Waals surface area contributed by atoms with Crippen molar-refractivity contribution < 1.29 is 14.3 Å². The summed E-state index contributed by atoms with van der Waals surface area (Å²) in [6, 6.07) is 8.19. The molecule has 1 aliphatic heterocycles. The van der Waals surface area contributed by atoms with Gasteiger partial charge in [-0.1, -0.05) is 39.8 Å². The van der Waals surface area contributed by atoms with Gasteiger partial charge in [-0.25, -0.2) is 0 Å². The number of carbonyl (C=O) groups is 2. The van der Waals surface area contributed by atoms with Crippen LogP contribution in [0.2, 0.25) is 0 Å². The van der Waals surface area contributed by atoms with Crippen LogP contribution in [0.5, 0.6) is 5.75 Å². The van der Waals surface area contributed by atoms with Gasteiger partial charge < -0.3 is 14.5 Å². The van der Waals surface area contributed by atoms with Crippen molar-refractivity contribution in [1.29, 1.82) is 0 Å². The monoisotopic (exact) mass is 374 g/mol. The zero-order valence-corrected chi connectivity index (χ0v) is 17.3. The Balaban J connectivity index is 1.71. The molecule has 5 nitrogen and oxygen atoms in total. The molecule has 1 aromatic rings. The Morgan fingerprint density at radius 3 is 2.11 bits per heavy atom. The smallest absolute Gasteiger partial charge is 0.222 e. The first-order valence-electron chi connectivity index (χ1n) is 10.1. The van der Waals surface area contributed by atoms with E-state index in [1.165, 1.54) is 5.56 Å². The maximum Gasteiger partial charge on any atom is 0.222 e. The summed E-state index contributed by atoms with van der Waals surface area (Å²) in [5.74, 6) is 1.18. The summed E-state index contributed by atoms with van der Waals surface area (Å²) >= 11 is 0. The Kier molecular flexibility index (Phi) is 7.69. The first-order valence-corrected chi connectivity index (χ1v) is 10.1. The fourth-order valence-electron chi connectivity index (χ4n) is 3.26. The van der Waals surface area contributed by atoms with E-state index in [1.807, 2.05) is 28.9 Å². The first-order chi connectivity index (χ1) is 12.8. The Bertz CT molecular complexity index is 619. The largest absolute Gasteiger partial charge is 0.494 e. The Morgan fingerprint density at radius 1 is 0.963 bits per heavy atom. The van der Waals surface area contributed by atoms with Crippen LogP contribution < -0.4 is 4.74 Å². The minimum atomic E-state index is 0.134. The van der Waals surface area contributed by atoms with Gasteiger partial charge in [0.25, 0.3) is 0 Å². The van der Waals surface area contributed by atoms with Crippen LogP contribution in [-0.4, -0.2) is 54.4 Å². The molecule has 0 spiro atoms. The van der Waals surface area contributed by atoms with Gasteiger partial charge in [0.15, 0.2) is 0 Å². The highest BCUT2D eigenvalue weighted by atomic mass is 16.5. The van der Waals surface area contributed by atoms with Gasteiger partial charge >= 0.3 is 0 Å². The molecular weight excluding hydrogens is 340 g/mol. The third kappa shape index (κ3) is 6.56. The van der Waals surface area contributed by atoms with E-state index < -0.39 is 0 Å². The van der Waals surface area contributed by atoms with E-state index in [0.717, 1.165) is 25.3 Å². The minimum absolute atomic E-state index is 0.134. The van der Waals surface area contributed by atoms with Crippen molar-refractivity contribution >= 4 is 11.8 Å². The summed E-state index contributed by atoms with van der Waals surface area (Å²) in [5.41, 5.74) is 1.41. The number of amides is 2. The number of benzene rings is 1. The van der Waals surface area contributed by atoms with Gasteiger partial charge in [-0.05, 0) is 36.0 Å². The predicted molar refractivity (Wildman–Crippen MR) is 108 cm³/mol. The van der Waals surface area contributed by atoms with Gasteiger partial charge in [-0.15, -0.1) is 0 Å². The molecule has 1 saturated heterocycles. The standard InChI is InChI=1S/C22H34N2O3/c1-5-20(25)23-13-7-14-24(16-15-23)21(26)8-6-17-27-19-11-9-18(10-12-19)22(2,3)4/h9-12H,5-8,13-17H2,1-4H3. The summed E-state index contributed by atoms with van der Waals surface area (Å²) in [5, 5.41) is 0. The van der Waals surface area contributed by atoms with Gasteiger partial charge in [-0.2, -0.15) is 0 Å². The van der Waals surface area contributed by atoms with Crippen LogP contribution in [0, 0.1) is 0 Å². The molecule has 27 heavy (non-hydrogen) atoms. The van der Waals surface area contributed by atoms with Crippen molar-refractivity contribution in [3.8, 4) is 5.75 Å². The average molecular weight is 375 g/mol. The second-order valence-corrected chi connectivity index (χ2v) is 8.20. The highest BCUT2D eigenvalue weighted by Gasteiger charge is 2.20. The van der Waals surface area contributed by atoms with Crippen molar-refractivity contribution in [3.63, 3.8) is 0 Å². The van der Waals surface area contributed by atoms with E-state index in [4.69, 9.17) is 4.74 Å². The molecule has 1 fully saturated rings. The van der Waals surface area contributed by atoms with Crippen LogP contribution in [-0.2, 0) is 15.0 Å². The number of nitrogens with zero attached hydrogens (tertiary/aromatic N) is 2. The number of carbonyl (C=O) groups excluding carboxylic acids is 2. The summed E-state index contributed by atoms with van der Waals surface area (Å²) in [4.78, 5) is 28.0. The van der Waals surface area contributed by atoms with Gasteiger partial charge in [0.2, 0.25) is 11.8 Å². The lowest BCUT2D eigenvalue weighted by atomic mass is 9.87. The summed E-state index contributed by atoms with van der Waals surface area (Å²) < 4.78 is 5.78. The Labute approximate surface area is 163 Å². The second-order valence-electron chi connectivity index (χ2n) is 8.20. The molecule has 0 aromatic heterocycles. The van der Waals surface area contributed by atoms with E-state index in [9.17, 15) is 9.59 Å². The highest BCUT2D eigenvalue weighted by Crippen LogP contribution is 2.24. The second kappa shape index (κ2) is 9.77. The van der Waals surface area contributed by atoms with Crippen LogP contribution >= 0.6 is 0 Å². The molecule has 2 rings (SSSR count). The number of hydrogen-bond acceptors (Lipinski definition) is 3. The lowest BCUT2D eigenvalue weighted by Crippen LogP contribution is -2.37. The number of hydrogen-bond donors (Lipinski definition) is 0. The van der Waals surface area contributed by atoms with Crippen LogP contribution in [0.15, 0.2) is 24.3 Å². The highest BCUT2D eigenvalue weighted by molar-refractivity contribution is 5.77. The third-order valence-corrected chi connectivity index (χ3v) is 5.03. The van der Waals surface area contributed by atoms with Crippen LogP contribution in [0.25, 0.3) is 0 Å². The molecular formula is C22H34N2O3.